The predicted molar refractivity (Wildman–Crippen MR) is 130 cm³/mol. The molecule has 2 aliphatic carbocycles. The number of nitrogens with zero attached hydrogens (tertiary/aromatic N) is 3. The molecule has 2 saturated carbocycles. The molecular weight excluding hydrogens is 412 g/mol. The first-order valence-electron chi connectivity index (χ1n) is 12.8. The fourth-order valence-corrected chi connectivity index (χ4v) is 5.33. The number of carbonyl (C=O) groups excluding carboxylic acids is 2. The van der Waals surface area contributed by atoms with E-state index in [2.05, 4.69) is 10.4 Å². The predicted octanol–water partition coefficient (Wildman–Crippen LogP) is 5.43. The molecule has 6 heteroatoms. The van der Waals surface area contributed by atoms with Crippen LogP contribution in [0.2, 0.25) is 0 Å². The first-order valence-corrected chi connectivity index (χ1v) is 12.8. The molecule has 1 atom stereocenters. The van der Waals surface area contributed by atoms with Gasteiger partial charge in [-0.2, -0.15) is 5.10 Å². The molecule has 0 saturated heterocycles. The van der Waals surface area contributed by atoms with Gasteiger partial charge in [-0.25, -0.2) is 0 Å². The summed E-state index contributed by atoms with van der Waals surface area (Å²) in [6, 6.07) is 9.62. The van der Waals surface area contributed by atoms with Gasteiger partial charge in [0.15, 0.2) is 0 Å². The summed E-state index contributed by atoms with van der Waals surface area (Å²) in [5.41, 5.74) is 1.43. The maximum absolute atomic E-state index is 14.0. The average Bonchev–Trinajstić information content (AvgIpc) is 3.35. The van der Waals surface area contributed by atoms with Crippen LogP contribution in [0.1, 0.15) is 106 Å². The molecule has 0 spiro atoms. The number of nitrogens with one attached hydrogen (secondary N) is 1. The Labute approximate surface area is 197 Å². The Morgan fingerprint density at radius 1 is 0.970 bits per heavy atom. The van der Waals surface area contributed by atoms with Crippen molar-refractivity contribution < 1.29 is 9.59 Å². The lowest BCUT2D eigenvalue weighted by molar-refractivity contribution is -0.127. The number of amides is 2. The minimum Gasteiger partial charge on any atom is -0.351 e. The molecule has 1 N–H and O–H groups in total. The van der Waals surface area contributed by atoms with Crippen LogP contribution >= 0.6 is 0 Å². The van der Waals surface area contributed by atoms with Crippen molar-refractivity contribution in [2.75, 3.05) is 0 Å². The lowest BCUT2D eigenvalue weighted by atomic mass is 9.90. The standard InChI is InChI=1S/C27H38N4O2/c1-20(2)30-19-22(18-28-30)27(33)31(24-16-10-5-11-17-24)25(21-12-6-3-7-13-21)26(32)29-23-14-8-4-9-15-23/h3,6-7,12-13,18-20,23-25H,4-5,8-11,14-17H2,1-2H3,(H,29,32)/t25-/m1/s1. The largest absolute Gasteiger partial charge is 0.351 e. The van der Waals surface area contributed by atoms with E-state index in [9.17, 15) is 9.59 Å². The molecule has 1 aromatic heterocycles. The Bertz CT molecular complexity index is 911. The highest BCUT2D eigenvalue weighted by molar-refractivity contribution is 5.98. The molecule has 2 aromatic rings. The minimum absolute atomic E-state index is 0.0518. The average molecular weight is 451 g/mol. The molecule has 4 rings (SSSR count). The van der Waals surface area contributed by atoms with Gasteiger partial charge >= 0.3 is 0 Å². The zero-order valence-electron chi connectivity index (χ0n) is 20.1. The summed E-state index contributed by atoms with van der Waals surface area (Å²) >= 11 is 0. The van der Waals surface area contributed by atoms with Crippen LogP contribution in [0, 0.1) is 0 Å². The van der Waals surface area contributed by atoms with Crippen molar-refractivity contribution in [3.63, 3.8) is 0 Å². The molecule has 0 unspecified atom stereocenters. The summed E-state index contributed by atoms with van der Waals surface area (Å²) in [4.78, 5) is 29.7. The molecule has 2 aliphatic rings. The first kappa shape index (κ1) is 23.5. The third-order valence-electron chi connectivity index (χ3n) is 7.17. The molecule has 1 heterocycles. The van der Waals surface area contributed by atoms with Crippen LogP contribution in [0.3, 0.4) is 0 Å². The molecule has 33 heavy (non-hydrogen) atoms. The van der Waals surface area contributed by atoms with Crippen molar-refractivity contribution in [3.05, 3.63) is 53.9 Å². The van der Waals surface area contributed by atoms with Crippen LogP contribution in [0.15, 0.2) is 42.7 Å². The lowest BCUT2D eigenvalue weighted by Gasteiger charge is -2.40. The SMILES string of the molecule is CC(C)n1cc(C(=O)N(C2CCCCC2)[C@@H](C(=O)NC2CCCCC2)c2ccccc2)cn1. The molecule has 0 aliphatic heterocycles. The third kappa shape index (κ3) is 5.66. The Kier molecular flexibility index (Phi) is 7.84. The van der Waals surface area contributed by atoms with E-state index in [4.69, 9.17) is 0 Å². The number of hydrogen-bond acceptors (Lipinski definition) is 3. The van der Waals surface area contributed by atoms with E-state index in [-0.39, 0.29) is 29.9 Å². The maximum atomic E-state index is 14.0. The van der Waals surface area contributed by atoms with Gasteiger partial charge in [0.05, 0.1) is 11.8 Å². The monoisotopic (exact) mass is 450 g/mol. The van der Waals surface area contributed by atoms with E-state index in [0.717, 1.165) is 56.9 Å². The minimum atomic E-state index is -0.633. The van der Waals surface area contributed by atoms with E-state index < -0.39 is 6.04 Å². The van der Waals surface area contributed by atoms with Gasteiger partial charge in [0.25, 0.3) is 5.91 Å². The summed E-state index contributed by atoms with van der Waals surface area (Å²) in [6.45, 7) is 4.09. The third-order valence-corrected chi connectivity index (χ3v) is 7.17. The Morgan fingerprint density at radius 3 is 2.21 bits per heavy atom. The Morgan fingerprint density at radius 2 is 1.61 bits per heavy atom. The summed E-state index contributed by atoms with van der Waals surface area (Å²) in [7, 11) is 0. The van der Waals surface area contributed by atoms with Crippen molar-refractivity contribution in [1.29, 1.82) is 0 Å². The van der Waals surface area contributed by atoms with Crippen LogP contribution in [-0.4, -0.2) is 38.6 Å². The number of aromatic nitrogens is 2. The maximum Gasteiger partial charge on any atom is 0.258 e. The second-order valence-electron chi connectivity index (χ2n) is 9.96. The number of benzene rings is 1. The fourth-order valence-electron chi connectivity index (χ4n) is 5.33. The molecule has 2 amide bonds. The van der Waals surface area contributed by atoms with Crippen molar-refractivity contribution >= 4 is 11.8 Å². The zero-order chi connectivity index (χ0) is 23.2. The second kappa shape index (κ2) is 11.0. The topological polar surface area (TPSA) is 67.2 Å². The van der Waals surface area contributed by atoms with Crippen LogP contribution in [-0.2, 0) is 4.79 Å². The van der Waals surface area contributed by atoms with E-state index >= 15 is 0 Å². The van der Waals surface area contributed by atoms with E-state index in [1.54, 1.807) is 6.20 Å². The van der Waals surface area contributed by atoms with Crippen LogP contribution in [0.25, 0.3) is 0 Å². The zero-order valence-corrected chi connectivity index (χ0v) is 20.1. The molecule has 6 nitrogen and oxygen atoms in total. The first-order chi connectivity index (χ1) is 16.0. The van der Waals surface area contributed by atoms with Gasteiger partial charge in [-0.3, -0.25) is 14.3 Å². The van der Waals surface area contributed by atoms with Gasteiger partial charge in [0.1, 0.15) is 6.04 Å². The normalized spacial score (nSPS) is 18.8. The highest BCUT2D eigenvalue weighted by atomic mass is 16.2. The number of rotatable bonds is 7. The fraction of sp³-hybridized carbons (Fsp3) is 0.593. The molecule has 0 bridgehead atoms. The van der Waals surface area contributed by atoms with Gasteiger partial charge in [-0.15, -0.1) is 0 Å². The Balaban J connectivity index is 1.70. The van der Waals surface area contributed by atoms with Crippen molar-refractivity contribution in [2.24, 2.45) is 0 Å². The highest BCUT2D eigenvalue weighted by Gasteiger charge is 2.38. The van der Waals surface area contributed by atoms with Crippen molar-refractivity contribution in [2.45, 2.75) is 102 Å². The van der Waals surface area contributed by atoms with Crippen LogP contribution in [0.5, 0.6) is 0 Å². The highest BCUT2D eigenvalue weighted by Crippen LogP contribution is 2.33. The second-order valence-corrected chi connectivity index (χ2v) is 9.96. The molecular formula is C27H38N4O2. The molecule has 2 fully saturated rings. The van der Waals surface area contributed by atoms with Gasteiger partial charge in [0.2, 0.25) is 5.91 Å². The van der Waals surface area contributed by atoms with Crippen LogP contribution in [0.4, 0.5) is 0 Å². The van der Waals surface area contributed by atoms with Crippen molar-refractivity contribution in [1.82, 2.24) is 20.0 Å². The lowest BCUT2D eigenvalue weighted by Crippen LogP contribution is -2.51. The number of hydrogen-bond donors (Lipinski definition) is 1. The summed E-state index contributed by atoms with van der Waals surface area (Å²) in [5, 5.41) is 7.72. The summed E-state index contributed by atoms with van der Waals surface area (Å²) < 4.78 is 1.81. The van der Waals surface area contributed by atoms with E-state index in [1.807, 2.05) is 60.0 Å². The van der Waals surface area contributed by atoms with Gasteiger partial charge in [-0.1, -0.05) is 68.9 Å². The number of carbonyl (C=O) groups is 2. The molecule has 178 valence electrons. The summed E-state index contributed by atoms with van der Waals surface area (Å²) in [6.07, 6.45) is 14.3. The van der Waals surface area contributed by atoms with Gasteiger partial charge in [-0.05, 0) is 45.1 Å². The molecule has 0 radical (unpaired) electrons. The smallest absolute Gasteiger partial charge is 0.258 e. The Hall–Kier alpha value is -2.63. The quantitative estimate of drug-likeness (QED) is 0.612. The molecule has 1 aromatic carbocycles. The van der Waals surface area contributed by atoms with Gasteiger partial charge < -0.3 is 10.2 Å². The van der Waals surface area contributed by atoms with Gasteiger partial charge in [0, 0.05) is 24.3 Å². The van der Waals surface area contributed by atoms with E-state index in [0.29, 0.717) is 5.56 Å². The summed E-state index contributed by atoms with van der Waals surface area (Å²) in [5.74, 6) is -0.148. The van der Waals surface area contributed by atoms with Crippen LogP contribution < -0.4 is 5.32 Å². The van der Waals surface area contributed by atoms with Crippen molar-refractivity contribution in [3.8, 4) is 0 Å². The van der Waals surface area contributed by atoms with E-state index in [1.165, 1.54) is 12.8 Å².